The molecule has 0 unspecified atom stereocenters. The van der Waals surface area contributed by atoms with Crippen LogP contribution >= 0.6 is 11.8 Å². The first-order valence-corrected chi connectivity index (χ1v) is 9.63. The molecular formula is C22H18N2O2S. The van der Waals surface area contributed by atoms with Crippen LogP contribution in [0.3, 0.4) is 0 Å². The van der Waals surface area contributed by atoms with Crippen LogP contribution in [0, 0.1) is 17.0 Å². The molecule has 0 aliphatic carbocycles. The van der Waals surface area contributed by atoms with Crippen molar-refractivity contribution >= 4 is 28.4 Å². The molecule has 134 valence electrons. The monoisotopic (exact) mass is 374 g/mol. The van der Waals surface area contributed by atoms with Gasteiger partial charge in [0, 0.05) is 40.1 Å². The molecule has 0 saturated carbocycles. The van der Waals surface area contributed by atoms with E-state index in [0.717, 1.165) is 17.0 Å². The van der Waals surface area contributed by atoms with Crippen LogP contribution in [0.5, 0.6) is 0 Å². The van der Waals surface area contributed by atoms with Crippen molar-refractivity contribution in [3.8, 4) is 5.69 Å². The smallest absolute Gasteiger partial charge is 0.269 e. The van der Waals surface area contributed by atoms with E-state index in [4.69, 9.17) is 0 Å². The van der Waals surface area contributed by atoms with E-state index in [2.05, 4.69) is 54.1 Å². The van der Waals surface area contributed by atoms with Gasteiger partial charge in [-0.15, -0.1) is 11.8 Å². The number of hydrogen-bond donors (Lipinski definition) is 0. The maximum absolute atomic E-state index is 10.9. The Labute approximate surface area is 161 Å². The van der Waals surface area contributed by atoms with Crippen molar-refractivity contribution in [1.82, 2.24) is 4.57 Å². The van der Waals surface area contributed by atoms with Crippen LogP contribution in [-0.2, 0) is 5.75 Å². The number of para-hydroxylation sites is 1. The lowest BCUT2D eigenvalue weighted by molar-refractivity contribution is -0.384. The second-order valence-corrected chi connectivity index (χ2v) is 7.45. The second-order valence-electron chi connectivity index (χ2n) is 6.43. The zero-order valence-electron chi connectivity index (χ0n) is 14.8. The number of hydrogen-bond acceptors (Lipinski definition) is 3. The molecule has 0 spiro atoms. The fourth-order valence-corrected chi connectivity index (χ4v) is 4.08. The minimum absolute atomic E-state index is 0.101. The molecule has 0 saturated heterocycles. The summed E-state index contributed by atoms with van der Waals surface area (Å²) in [6, 6.07) is 23.5. The van der Waals surface area contributed by atoms with Crippen LogP contribution in [0.1, 0.15) is 11.1 Å². The highest BCUT2D eigenvalue weighted by Crippen LogP contribution is 2.34. The zero-order chi connectivity index (χ0) is 18.8. The largest absolute Gasteiger partial charge is 0.315 e. The number of nitrogens with zero attached hydrogens (tertiary/aromatic N) is 2. The SMILES string of the molecule is Cc1ccc(CSc2cn(-c3ccc([N+](=O)[O-])cc3)c3ccccc23)cc1. The van der Waals surface area contributed by atoms with Crippen molar-refractivity contribution in [2.45, 2.75) is 17.6 Å². The molecule has 4 nitrogen and oxygen atoms in total. The van der Waals surface area contributed by atoms with Gasteiger partial charge in [0.25, 0.3) is 5.69 Å². The number of benzene rings is 3. The Morgan fingerprint density at radius 1 is 0.963 bits per heavy atom. The van der Waals surface area contributed by atoms with Crippen LogP contribution in [0.4, 0.5) is 5.69 Å². The van der Waals surface area contributed by atoms with Crippen LogP contribution in [0.2, 0.25) is 0 Å². The number of fused-ring (bicyclic) bond motifs is 1. The van der Waals surface area contributed by atoms with Crippen molar-refractivity contribution in [2.75, 3.05) is 0 Å². The molecule has 0 aliphatic heterocycles. The van der Waals surface area contributed by atoms with E-state index in [-0.39, 0.29) is 10.6 Å². The van der Waals surface area contributed by atoms with Crippen LogP contribution in [0.15, 0.2) is 83.9 Å². The van der Waals surface area contributed by atoms with E-state index in [1.807, 2.05) is 12.1 Å². The minimum atomic E-state index is -0.375. The van der Waals surface area contributed by atoms with Crippen LogP contribution in [-0.4, -0.2) is 9.49 Å². The van der Waals surface area contributed by atoms with Gasteiger partial charge in [-0.3, -0.25) is 10.1 Å². The average Bonchev–Trinajstić information content (AvgIpc) is 3.06. The minimum Gasteiger partial charge on any atom is -0.315 e. The summed E-state index contributed by atoms with van der Waals surface area (Å²) in [5, 5.41) is 12.1. The third kappa shape index (κ3) is 3.59. The van der Waals surface area contributed by atoms with Gasteiger partial charge in [-0.2, -0.15) is 0 Å². The highest BCUT2D eigenvalue weighted by Gasteiger charge is 2.11. The summed E-state index contributed by atoms with van der Waals surface area (Å²) in [6.07, 6.45) is 2.12. The van der Waals surface area contributed by atoms with Gasteiger partial charge >= 0.3 is 0 Å². The van der Waals surface area contributed by atoms with Crippen molar-refractivity contribution in [2.24, 2.45) is 0 Å². The first-order valence-electron chi connectivity index (χ1n) is 8.65. The molecule has 0 fully saturated rings. The van der Waals surface area contributed by atoms with E-state index in [1.165, 1.54) is 21.4 Å². The molecular weight excluding hydrogens is 356 g/mol. The normalized spacial score (nSPS) is 11.0. The number of thioether (sulfide) groups is 1. The number of non-ortho nitro benzene ring substituents is 1. The Balaban J connectivity index is 1.68. The molecule has 0 atom stereocenters. The van der Waals surface area contributed by atoms with Crippen LogP contribution < -0.4 is 0 Å². The molecule has 0 aliphatic rings. The summed E-state index contributed by atoms with van der Waals surface area (Å²) in [5.74, 6) is 0.897. The highest BCUT2D eigenvalue weighted by molar-refractivity contribution is 7.98. The summed E-state index contributed by atoms with van der Waals surface area (Å²) >= 11 is 1.80. The maximum atomic E-state index is 10.9. The second kappa shape index (κ2) is 7.29. The average molecular weight is 374 g/mol. The van der Waals surface area contributed by atoms with Crippen molar-refractivity contribution < 1.29 is 4.92 Å². The van der Waals surface area contributed by atoms with Gasteiger partial charge in [0.05, 0.1) is 10.4 Å². The van der Waals surface area contributed by atoms with Gasteiger partial charge in [0.2, 0.25) is 0 Å². The first kappa shape index (κ1) is 17.4. The molecule has 0 bridgehead atoms. The molecule has 4 aromatic rings. The Kier molecular flexibility index (Phi) is 4.69. The molecule has 0 amide bonds. The molecule has 1 aromatic heterocycles. The van der Waals surface area contributed by atoms with Gasteiger partial charge in [0.15, 0.2) is 0 Å². The molecule has 4 rings (SSSR count). The Bertz CT molecular complexity index is 1100. The van der Waals surface area contributed by atoms with Gasteiger partial charge in [-0.25, -0.2) is 0 Å². The maximum Gasteiger partial charge on any atom is 0.269 e. The first-order chi connectivity index (χ1) is 13.1. The van der Waals surface area contributed by atoms with Crippen molar-refractivity contribution in [3.63, 3.8) is 0 Å². The van der Waals surface area contributed by atoms with Gasteiger partial charge < -0.3 is 4.57 Å². The number of aromatic nitrogens is 1. The molecule has 0 N–H and O–H groups in total. The van der Waals surface area contributed by atoms with E-state index in [1.54, 1.807) is 36.0 Å². The molecule has 0 radical (unpaired) electrons. The Morgan fingerprint density at radius 2 is 1.67 bits per heavy atom. The van der Waals surface area contributed by atoms with Crippen LogP contribution in [0.25, 0.3) is 16.6 Å². The summed E-state index contributed by atoms with van der Waals surface area (Å²) in [7, 11) is 0. The third-order valence-corrected chi connectivity index (χ3v) is 5.64. The summed E-state index contributed by atoms with van der Waals surface area (Å²) in [4.78, 5) is 11.7. The lowest BCUT2D eigenvalue weighted by Crippen LogP contribution is -1.93. The predicted octanol–water partition coefficient (Wildman–Crippen LogP) is 6.14. The summed E-state index contributed by atoms with van der Waals surface area (Å²) in [5.41, 5.74) is 4.66. The van der Waals surface area contributed by atoms with E-state index in [9.17, 15) is 10.1 Å². The fourth-order valence-electron chi connectivity index (χ4n) is 3.06. The van der Waals surface area contributed by atoms with Gasteiger partial charge in [-0.05, 0) is 30.7 Å². The Hall–Kier alpha value is -3.05. The zero-order valence-corrected chi connectivity index (χ0v) is 15.6. The Morgan fingerprint density at radius 3 is 2.37 bits per heavy atom. The van der Waals surface area contributed by atoms with Crippen molar-refractivity contribution in [1.29, 1.82) is 0 Å². The summed E-state index contributed by atoms with van der Waals surface area (Å²) in [6.45, 7) is 2.09. The van der Waals surface area contributed by atoms with E-state index in [0.29, 0.717) is 0 Å². The molecule has 1 heterocycles. The lowest BCUT2D eigenvalue weighted by Gasteiger charge is -2.04. The number of rotatable bonds is 5. The topological polar surface area (TPSA) is 48.1 Å². The fraction of sp³-hybridized carbons (Fsp3) is 0.0909. The van der Waals surface area contributed by atoms with Crippen molar-refractivity contribution in [3.05, 3.63) is 100 Å². The number of nitro benzene ring substituents is 1. The van der Waals surface area contributed by atoms with E-state index < -0.39 is 0 Å². The van der Waals surface area contributed by atoms with Gasteiger partial charge in [0.1, 0.15) is 0 Å². The summed E-state index contributed by atoms with van der Waals surface area (Å²) < 4.78 is 2.09. The predicted molar refractivity (Wildman–Crippen MR) is 111 cm³/mol. The molecule has 5 heteroatoms. The van der Waals surface area contributed by atoms with Gasteiger partial charge in [-0.1, -0.05) is 48.0 Å². The number of nitro groups is 1. The quantitative estimate of drug-likeness (QED) is 0.239. The number of aryl methyl sites for hydroxylation is 1. The highest BCUT2D eigenvalue weighted by atomic mass is 32.2. The third-order valence-electron chi connectivity index (χ3n) is 4.53. The molecule has 27 heavy (non-hydrogen) atoms. The lowest BCUT2D eigenvalue weighted by atomic mass is 10.2. The molecule has 3 aromatic carbocycles. The standard InChI is InChI=1S/C22H18N2O2S/c1-16-6-8-17(9-7-16)15-27-22-14-23(21-5-3-2-4-20(21)22)18-10-12-19(13-11-18)24(25)26/h2-14H,15H2,1H3. The van der Waals surface area contributed by atoms with E-state index >= 15 is 0 Å².